The Labute approximate surface area is 153 Å². The van der Waals surface area contributed by atoms with Gasteiger partial charge in [-0.15, -0.1) is 0 Å². The highest BCUT2D eigenvalue weighted by atomic mass is 16.5. The van der Waals surface area contributed by atoms with E-state index in [0.29, 0.717) is 6.61 Å². The molecule has 0 fully saturated rings. The first kappa shape index (κ1) is 17.1. The van der Waals surface area contributed by atoms with Crippen molar-refractivity contribution in [2.24, 2.45) is 0 Å². The van der Waals surface area contributed by atoms with Gasteiger partial charge in [0.25, 0.3) is 0 Å². The summed E-state index contributed by atoms with van der Waals surface area (Å²) in [6, 6.07) is 7.92. The normalized spacial score (nSPS) is 18.2. The van der Waals surface area contributed by atoms with E-state index in [0.717, 1.165) is 61.1 Å². The minimum absolute atomic E-state index is 0.524. The van der Waals surface area contributed by atoms with Gasteiger partial charge in [0.2, 0.25) is 0 Å². The van der Waals surface area contributed by atoms with E-state index in [1.165, 1.54) is 5.57 Å². The van der Waals surface area contributed by atoms with Crippen LogP contribution < -0.4 is 9.47 Å². The quantitative estimate of drug-likeness (QED) is 0.914. The van der Waals surface area contributed by atoms with Crippen LogP contribution >= 0.6 is 0 Å². The molecule has 2 aliphatic heterocycles. The third-order valence-electron chi connectivity index (χ3n) is 4.96. The summed E-state index contributed by atoms with van der Waals surface area (Å²) in [5.41, 5.74) is 4.25. The zero-order valence-corrected chi connectivity index (χ0v) is 15.3. The standard InChI is InChI=1S/C20H25N3O3/c1-14(24)19-10-17-12-22(6-3-7-23(17)21-19)11-15-8-16-9-18(25-2)4-5-20(16)26-13-15/h4-5,8-10,14,24H,3,6-7,11-13H2,1-2H3/t14-/m1/s1. The molecule has 2 aromatic rings. The first-order chi connectivity index (χ1) is 12.6. The number of hydrogen-bond donors (Lipinski definition) is 1. The third-order valence-corrected chi connectivity index (χ3v) is 4.96. The van der Waals surface area contributed by atoms with Crippen molar-refractivity contribution in [2.75, 3.05) is 26.8 Å². The monoisotopic (exact) mass is 355 g/mol. The topological polar surface area (TPSA) is 59.8 Å². The predicted octanol–water partition coefficient (Wildman–Crippen LogP) is 2.63. The summed E-state index contributed by atoms with van der Waals surface area (Å²) in [5, 5.41) is 14.3. The highest BCUT2D eigenvalue weighted by Gasteiger charge is 2.20. The summed E-state index contributed by atoms with van der Waals surface area (Å²) in [5.74, 6) is 1.75. The molecule has 2 aliphatic rings. The van der Waals surface area contributed by atoms with Gasteiger partial charge in [0.15, 0.2) is 0 Å². The first-order valence-electron chi connectivity index (χ1n) is 9.09. The molecule has 6 nitrogen and oxygen atoms in total. The first-order valence-corrected chi connectivity index (χ1v) is 9.09. The second-order valence-corrected chi connectivity index (χ2v) is 7.02. The van der Waals surface area contributed by atoms with Crippen LogP contribution in [-0.2, 0) is 13.1 Å². The maximum Gasteiger partial charge on any atom is 0.127 e. The van der Waals surface area contributed by atoms with Gasteiger partial charge in [-0.25, -0.2) is 0 Å². The molecule has 6 heteroatoms. The van der Waals surface area contributed by atoms with Gasteiger partial charge < -0.3 is 14.6 Å². The molecule has 138 valence electrons. The number of hydrogen-bond acceptors (Lipinski definition) is 5. The number of methoxy groups -OCH3 is 1. The third kappa shape index (κ3) is 3.48. The van der Waals surface area contributed by atoms with Gasteiger partial charge in [0, 0.05) is 31.7 Å². The molecule has 0 bridgehead atoms. The molecular weight excluding hydrogens is 330 g/mol. The maximum atomic E-state index is 9.78. The van der Waals surface area contributed by atoms with Gasteiger partial charge in [-0.3, -0.25) is 9.58 Å². The summed E-state index contributed by atoms with van der Waals surface area (Å²) in [4.78, 5) is 2.42. The Kier molecular flexibility index (Phi) is 4.70. The van der Waals surface area contributed by atoms with Crippen molar-refractivity contribution in [3.63, 3.8) is 0 Å². The van der Waals surface area contributed by atoms with E-state index in [1.807, 2.05) is 28.9 Å². The minimum atomic E-state index is -0.524. The van der Waals surface area contributed by atoms with E-state index in [-0.39, 0.29) is 0 Å². The molecular formula is C20H25N3O3. The van der Waals surface area contributed by atoms with Crippen molar-refractivity contribution in [3.05, 3.63) is 46.8 Å². The molecule has 0 radical (unpaired) electrons. The van der Waals surface area contributed by atoms with E-state index in [2.05, 4.69) is 16.1 Å². The Bertz CT molecular complexity index is 826. The number of aromatic nitrogens is 2. The van der Waals surface area contributed by atoms with Gasteiger partial charge in [0.1, 0.15) is 18.1 Å². The Morgan fingerprint density at radius 3 is 3.00 bits per heavy atom. The molecule has 0 unspecified atom stereocenters. The molecule has 0 amide bonds. The lowest BCUT2D eigenvalue weighted by Crippen LogP contribution is -2.28. The number of aliphatic hydroxyl groups excluding tert-OH is 1. The van der Waals surface area contributed by atoms with Gasteiger partial charge in [-0.2, -0.15) is 5.10 Å². The van der Waals surface area contributed by atoms with Crippen molar-refractivity contribution in [2.45, 2.75) is 32.5 Å². The predicted molar refractivity (Wildman–Crippen MR) is 99.2 cm³/mol. The van der Waals surface area contributed by atoms with Crippen molar-refractivity contribution in [3.8, 4) is 11.5 Å². The fourth-order valence-corrected chi connectivity index (χ4v) is 3.60. The number of benzene rings is 1. The summed E-state index contributed by atoms with van der Waals surface area (Å²) in [6.07, 6.45) is 2.74. The largest absolute Gasteiger partial charge is 0.497 e. The van der Waals surface area contributed by atoms with Crippen LogP contribution in [0.2, 0.25) is 0 Å². The summed E-state index contributed by atoms with van der Waals surface area (Å²) < 4.78 is 13.3. The van der Waals surface area contributed by atoms with E-state index in [9.17, 15) is 5.11 Å². The zero-order chi connectivity index (χ0) is 18.1. The Hall–Kier alpha value is -2.31. The second kappa shape index (κ2) is 7.13. The maximum absolute atomic E-state index is 9.78. The van der Waals surface area contributed by atoms with Crippen molar-refractivity contribution in [1.29, 1.82) is 0 Å². The van der Waals surface area contributed by atoms with Gasteiger partial charge >= 0.3 is 0 Å². The number of nitrogens with zero attached hydrogens (tertiary/aromatic N) is 3. The van der Waals surface area contributed by atoms with Crippen LogP contribution in [-0.4, -0.2) is 46.6 Å². The fourth-order valence-electron chi connectivity index (χ4n) is 3.60. The lowest BCUT2D eigenvalue weighted by atomic mass is 10.1. The van der Waals surface area contributed by atoms with Crippen molar-refractivity contribution >= 4 is 6.08 Å². The number of rotatable bonds is 4. The second-order valence-electron chi connectivity index (χ2n) is 7.02. The fraction of sp³-hybridized carbons (Fsp3) is 0.450. The smallest absolute Gasteiger partial charge is 0.127 e. The average molecular weight is 355 g/mol. The molecule has 1 aromatic heterocycles. The van der Waals surface area contributed by atoms with Crippen LogP contribution in [0.3, 0.4) is 0 Å². The van der Waals surface area contributed by atoms with E-state index >= 15 is 0 Å². The number of aryl methyl sites for hydroxylation is 1. The Morgan fingerprint density at radius 1 is 1.31 bits per heavy atom. The molecule has 1 N–H and O–H groups in total. The van der Waals surface area contributed by atoms with Crippen molar-refractivity contribution < 1.29 is 14.6 Å². The summed E-state index contributed by atoms with van der Waals surface area (Å²) in [6.45, 7) is 6.00. The molecule has 1 aromatic carbocycles. The molecule has 4 rings (SSSR count). The molecule has 3 heterocycles. The summed E-state index contributed by atoms with van der Waals surface area (Å²) in [7, 11) is 1.68. The highest BCUT2D eigenvalue weighted by Crippen LogP contribution is 2.30. The van der Waals surface area contributed by atoms with E-state index in [4.69, 9.17) is 9.47 Å². The van der Waals surface area contributed by atoms with Crippen LogP contribution in [0.25, 0.3) is 6.08 Å². The minimum Gasteiger partial charge on any atom is -0.497 e. The van der Waals surface area contributed by atoms with Crippen LogP contribution in [0.1, 0.15) is 36.4 Å². The van der Waals surface area contributed by atoms with Crippen LogP contribution in [0.5, 0.6) is 11.5 Å². The van der Waals surface area contributed by atoms with Crippen LogP contribution in [0, 0.1) is 0 Å². The van der Waals surface area contributed by atoms with E-state index < -0.39 is 6.10 Å². The molecule has 0 spiro atoms. The Balaban J connectivity index is 1.50. The SMILES string of the molecule is COc1ccc2c(c1)C=C(CN1CCCn3nc([C@@H](C)O)cc3C1)CO2. The van der Waals surface area contributed by atoms with Gasteiger partial charge in [-0.05, 0) is 49.3 Å². The number of aliphatic hydroxyl groups is 1. The molecule has 1 atom stereocenters. The number of fused-ring (bicyclic) bond motifs is 2. The van der Waals surface area contributed by atoms with Gasteiger partial charge in [0.05, 0.1) is 24.6 Å². The lowest BCUT2D eigenvalue weighted by Gasteiger charge is -2.24. The van der Waals surface area contributed by atoms with E-state index in [1.54, 1.807) is 14.0 Å². The molecule has 0 saturated carbocycles. The molecule has 0 saturated heterocycles. The zero-order valence-electron chi connectivity index (χ0n) is 15.3. The lowest BCUT2D eigenvalue weighted by molar-refractivity contribution is 0.193. The van der Waals surface area contributed by atoms with Crippen molar-refractivity contribution in [1.82, 2.24) is 14.7 Å². The Morgan fingerprint density at radius 2 is 2.19 bits per heavy atom. The van der Waals surface area contributed by atoms with Crippen LogP contribution in [0.15, 0.2) is 29.8 Å². The number of ether oxygens (including phenoxy) is 2. The van der Waals surface area contributed by atoms with Crippen LogP contribution in [0.4, 0.5) is 0 Å². The molecule has 0 aliphatic carbocycles. The van der Waals surface area contributed by atoms with Gasteiger partial charge in [-0.1, -0.05) is 0 Å². The summed E-state index contributed by atoms with van der Waals surface area (Å²) >= 11 is 0. The molecule has 26 heavy (non-hydrogen) atoms. The average Bonchev–Trinajstić information content (AvgIpc) is 2.95. The highest BCUT2D eigenvalue weighted by molar-refractivity contribution is 5.64.